The molecule has 3 aliphatic rings. The molecule has 1 aromatic carbocycles. The van der Waals surface area contributed by atoms with Gasteiger partial charge in [-0.15, -0.1) is 5.92 Å². The molecule has 4 atom stereocenters. The molecular weight excluding hydrogens is 379 g/mol. The number of hydrogen-bond acceptors (Lipinski definition) is 3. The van der Waals surface area contributed by atoms with Crippen molar-refractivity contribution in [2.45, 2.75) is 63.6 Å². The van der Waals surface area contributed by atoms with Crippen molar-refractivity contribution >= 4 is 11.7 Å². The number of anilines is 1. The van der Waals surface area contributed by atoms with Crippen LogP contribution < -0.4 is 10.6 Å². The van der Waals surface area contributed by atoms with E-state index in [4.69, 9.17) is 5.73 Å². The SMILES string of the molecule is CC#CCN1CC[C@@](CN2CC3CCC2C3)(N(C(N)=O)c2cccc(F)c2)C[C@@H]1C. The summed E-state index contributed by atoms with van der Waals surface area (Å²) in [5.74, 6) is 6.58. The summed E-state index contributed by atoms with van der Waals surface area (Å²) in [5, 5.41) is 0. The third-order valence-corrected chi connectivity index (χ3v) is 7.40. The van der Waals surface area contributed by atoms with Crippen molar-refractivity contribution in [1.82, 2.24) is 9.80 Å². The third kappa shape index (κ3) is 4.06. The van der Waals surface area contributed by atoms with E-state index in [1.807, 2.05) is 6.92 Å². The van der Waals surface area contributed by atoms with Gasteiger partial charge in [-0.2, -0.15) is 0 Å². The van der Waals surface area contributed by atoms with E-state index in [0.29, 0.717) is 11.7 Å². The van der Waals surface area contributed by atoms with Crippen LogP contribution in [0.2, 0.25) is 0 Å². The first-order valence-electron chi connectivity index (χ1n) is 11.1. The Morgan fingerprint density at radius 3 is 2.80 bits per heavy atom. The van der Waals surface area contributed by atoms with Gasteiger partial charge in [-0.25, -0.2) is 9.18 Å². The number of hydrogen-bond donors (Lipinski definition) is 1. The van der Waals surface area contributed by atoms with Crippen LogP contribution >= 0.6 is 0 Å². The molecule has 0 spiro atoms. The lowest BCUT2D eigenvalue weighted by Gasteiger charge is -2.52. The predicted molar refractivity (Wildman–Crippen MR) is 118 cm³/mol. The number of benzene rings is 1. The molecule has 162 valence electrons. The number of nitrogens with zero attached hydrogens (tertiary/aromatic N) is 3. The largest absolute Gasteiger partial charge is 0.351 e. The van der Waals surface area contributed by atoms with Crippen LogP contribution in [0.3, 0.4) is 0 Å². The molecule has 5 nitrogen and oxygen atoms in total. The van der Waals surface area contributed by atoms with Crippen molar-refractivity contribution in [2.75, 3.05) is 31.1 Å². The monoisotopic (exact) mass is 412 g/mol. The van der Waals surface area contributed by atoms with Gasteiger partial charge in [0.1, 0.15) is 5.82 Å². The van der Waals surface area contributed by atoms with Gasteiger partial charge < -0.3 is 5.73 Å². The van der Waals surface area contributed by atoms with E-state index in [1.165, 1.54) is 31.4 Å². The molecule has 2 N–H and O–H groups in total. The van der Waals surface area contributed by atoms with E-state index in [-0.39, 0.29) is 11.9 Å². The zero-order chi connectivity index (χ0) is 21.3. The fraction of sp³-hybridized carbons (Fsp3) is 0.625. The smallest absolute Gasteiger partial charge is 0.319 e. The Bertz CT molecular complexity index is 849. The predicted octanol–water partition coefficient (Wildman–Crippen LogP) is 3.44. The highest BCUT2D eigenvalue weighted by atomic mass is 19.1. The number of likely N-dealkylation sites (tertiary alicyclic amines) is 2. The quantitative estimate of drug-likeness (QED) is 0.754. The highest BCUT2D eigenvalue weighted by Gasteiger charge is 2.49. The minimum absolute atomic E-state index is 0.259. The van der Waals surface area contributed by atoms with Crippen molar-refractivity contribution in [2.24, 2.45) is 11.7 Å². The maximum atomic E-state index is 14.1. The number of amides is 2. The van der Waals surface area contributed by atoms with Crippen molar-refractivity contribution in [3.63, 3.8) is 0 Å². The Balaban J connectivity index is 1.67. The number of carbonyl (C=O) groups excluding carboxylic acids is 1. The fourth-order valence-electron chi connectivity index (χ4n) is 6.03. The minimum Gasteiger partial charge on any atom is -0.351 e. The number of halogens is 1. The number of rotatable bonds is 5. The second-order valence-electron chi connectivity index (χ2n) is 9.34. The van der Waals surface area contributed by atoms with Crippen LogP contribution in [0.1, 0.15) is 46.0 Å². The third-order valence-electron chi connectivity index (χ3n) is 7.40. The number of urea groups is 1. The number of nitrogens with two attached hydrogens (primary N) is 1. The van der Waals surface area contributed by atoms with E-state index in [9.17, 15) is 9.18 Å². The molecule has 1 aromatic rings. The van der Waals surface area contributed by atoms with Gasteiger partial charge in [0, 0.05) is 37.4 Å². The second-order valence-corrected chi connectivity index (χ2v) is 9.34. The summed E-state index contributed by atoms with van der Waals surface area (Å²) in [4.78, 5) is 19.4. The van der Waals surface area contributed by atoms with Gasteiger partial charge in [0.05, 0.1) is 12.1 Å². The lowest BCUT2D eigenvalue weighted by Crippen LogP contribution is -2.66. The Morgan fingerprint density at radius 1 is 1.37 bits per heavy atom. The van der Waals surface area contributed by atoms with Crippen LogP contribution in [0.4, 0.5) is 14.9 Å². The average molecular weight is 413 g/mol. The van der Waals surface area contributed by atoms with E-state index in [2.05, 4.69) is 28.6 Å². The minimum atomic E-state index is -0.501. The molecule has 4 rings (SSSR count). The second kappa shape index (κ2) is 8.56. The molecule has 2 unspecified atom stereocenters. The van der Waals surface area contributed by atoms with Crippen molar-refractivity contribution < 1.29 is 9.18 Å². The Morgan fingerprint density at radius 2 is 2.20 bits per heavy atom. The first kappa shape index (κ1) is 21.1. The van der Waals surface area contributed by atoms with Crippen LogP contribution in [0, 0.1) is 23.6 Å². The van der Waals surface area contributed by atoms with Crippen molar-refractivity contribution in [3.8, 4) is 11.8 Å². The number of fused-ring (bicyclic) bond motifs is 2. The zero-order valence-corrected chi connectivity index (χ0v) is 18.1. The molecule has 2 saturated heterocycles. The van der Waals surface area contributed by atoms with E-state index >= 15 is 0 Å². The molecule has 2 bridgehead atoms. The molecular formula is C24H33FN4O. The van der Waals surface area contributed by atoms with Gasteiger partial charge >= 0.3 is 6.03 Å². The molecule has 6 heteroatoms. The van der Waals surface area contributed by atoms with Crippen molar-refractivity contribution in [3.05, 3.63) is 30.1 Å². The van der Waals surface area contributed by atoms with Gasteiger partial charge in [0.2, 0.25) is 0 Å². The summed E-state index contributed by atoms with van der Waals surface area (Å²) in [5.41, 5.74) is 6.07. The molecule has 0 radical (unpaired) electrons. The summed E-state index contributed by atoms with van der Waals surface area (Å²) in [6, 6.07) is 6.65. The highest BCUT2D eigenvalue weighted by molar-refractivity contribution is 5.92. The summed E-state index contributed by atoms with van der Waals surface area (Å²) in [6.07, 6.45) is 5.42. The van der Waals surface area contributed by atoms with Gasteiger partial charge in [-0.05, 0) is 70.1 Å². The van der Waals surface area contributed by atoms with E-state index in [1.54, 1.807) is 17.0 Å². The normalized spacial score (nSPS) is 31.4. The molecule has 3 fully saturated rings. The zero-order valence-electron chi connectivity index (χ0n) is 18.1. The topological polar surface area (TPSA) is 52.8 Å². The number of carbonyl (C=O) groups is 1. The first-order valence-corrected chi connectivity index (χ1v) is 11.1. The molecule has 1 aliphatic carbocycles. The average Bonchev–Trinajstić information content (AvgIpc) is 3.30. The lowest BCUT2D eigenvalue weighted by atomic mass is 9.80. The van der Waals surface area contributed by atoms with Crippen LogP contribution in [0.25, 0.3) is 0 Å². The highest BCUT2D eigenvalue weighted by Crippen LogP contribution is 2.42. The van der Waals surface area contributed by atoms with E-state index in [0.717, 1.165) is 44.9 Å². The standard InChI is InChI=1S/C24H33FN4O/c1-3-4-11-27-12-10-24(15-18(27)2,17-28-16-19-8-9-21(28)13-19)29(23(26)30)22-7-5-6-20(25)14-22/h5-7,14,18-19,21H,8-13,15-17H2,1-2H3,(H2,26,30)/t18-,19?,21?,24+/m0/s1. The maximum Gasteiger partial charge on any atom is 0.319 e. The maximum absolute atomic E-state index is 14.1. The molecule has 0 aromatic heterocycles. The first-order chi connectivity index (χ1) is 14.4. The van der Waals surface area contributed by atoms with Gasteiger partial charge in [-0.3, -0.25) is 14.7 Å². The lowest BCUT2D eigenvalue weighted by molar-refractivity contribution is 0.0762. The Hall–Kier alpha value is -2.10. The fourth-order valence-corrected chi connectivity index (χ4v) is 6.03. The Kier molecular flexibility index (Phi) is 6.04. The van der Waals surface area contributed by atoms with Crippen LogP contribution in [-0.2, 0) is 0 Å². The van der Waals surface area contributed by atoms with E-state index < -0.39 is 11.6 Å². The Labute approximate surface area is 179 Å². The van der Waals surface area contributed by atoms with Gasteiger partial charge in [-0.1, -0.05) is 12.0 Å². The molecule has 1 saturated carbocycles. The molecule has 2 aliphatic heterocycles. The van der Waals surface area contributed by atoms with Gasteiger partial charge in [0.25, 0.3) is 0 Å². The summed E-state index contributed by atoms with van der Waals surface area (Å²) < 4.78 is 14.1. The molecule has 2 heterocycles. The number of piperidine rings is 2. The van der Waals surface area contributed by atoms with Crippen molar-refractivity contribution in [1.29, 1.82) is 0 Å². The number of primary amides is 1. The van der Waals surface area contributed by atoms with Crippen LogP contribution in [0.15, 0.2) is 24.3 Å². The molecule has 30 heavy (non-hydrogen) atoms. The summed E-state index contributed by atoms with van der Waals surface area (Å²) >= 11 is 0. The van der Waals surface area contributed by atoms with Gasteiger partial charge in [0.15, 0.2) is 0 Å². The summed E-state index contributed by atoms with van der Waals surface area (Å²) in [6.45, 7) is 7.54. The summed E-state index contributed by atoms with van der Waals surface area (Å²) in [7, 11) is 0. The van der Waals surface area contributed by atoms with Crippen LogP contribution in [-0.4, -0.2) is 59.6 Å². The molecule has 2 amide bonds. The van der Waals surface area contributed by atoms with Crippen LogP contribution in [0.5, 0.6) is 0 Å².